The van der Waals surface area contributed by atoms with Crippen LogP contribution in [0.3, 0.4) is 0 Å². The van der Waals surface area contributed by atoms with Crippen LogP contribution in [0.4, 0.5) is 5.69 Å². The van der Waals surface area contributed by atoms with Crippen LogP contribution < -0.4 is 10.2 Å². The number of amides is 2. The monoisotopic (exact) mass is 336 g/mol. The summed E-state index contributed by atoms with van der Waals surface area (Å²) in [5.41, 5.74) is 1.95. The van der Waals surface area contributed by atoms with Gasteiger partial charge in [0.05, 0.1) is 0 Å². The van der Waals surface area contributed by atoms with Crippen molar-refractivity contribution >= 4 is 33.4 Å². The van der Waals surface area contributed by atoms with Gasteiger partial charge >= 0.3 is 0 Å². The Labute approximate surface area is 127 Å². The number of nitrogens with one attached hydrogen (secondary N) is 1. The number of carbonyl (C=O) groups excluding carboxylic acids is 2. The van der Waals surface area contributed by atoms with Gasteiger partial charge in [0.25, 0.3) is 0 Å². The molecular weight excluding hydrogens is 320 g/mol. The molecule has 1 saturated heterocycles. The molecule has 1 aliphatic heterocycles. The summed E-state index contributed by atoms with van der Waals surface area (Å²) in [6.45, 7) is 6.07. The van der Waals surface area contributed by atoms with E-state index in [0.717, 1.165) is 22.1 Å². The van der Waals surface area contributed by atoms with Crippen LogP contribution in [-0.2, 0) is 9.59 Å². The highest BCUT2D eigenvalue weighted by Gasteiger charge is 2.30. The number of nitrogens with zero attached hydrogens (tertiary/aromatic N) is 1. The Morgan fingerprint density at radius 1 is 1.55 bits per heavy atom. The van der Waals surface area contributed by atoms with E-state index < -0.39 is 6.04 Å². The van der Waals surface area contributed by atoms with Crippen LogP contribution >= 0.6 is 15.9 Å². The van der Waals surface area contributed by atoms with Gasteiger partial charge in [-0.05, 0) is 49.6 Å². The standard InChI is InChI=1S/C15H17BrN2O2/c1-3-14(19)17-13-5-4-8-18(15(13)20)11-6-7-12(16)10(2)9-11/h3,6-7,9,13H,1,4-5,8H2,2H3,(H,17,19). The third-order valence-electron chi connectivity index (χ3n) is 3.39. The average Bonchev–Trinajstić information content (AvgIpc) is 2.44. The lowest BCUT2D eigenvalue weighted by Gasteiger charge is -2.32. The molecule has 1 fully saturated rings. The lowest BCUT2D eigenvalue weighted by molar-refractivity contribution is -0.126. The van der Waals surface area contributed by atoms with E-state index in [1.54, 1.807) is 4.90 Å². The van der Waals surface area contributed by atoms with Gasteiger partial charge in [0.2, 0.25) is 11.8 Å². The van der Waals surface area contributed by atoms with E-state index in [1.807, 2.05) is 25.1 Å². The lowest BCUT2D eigenvalue weighted by atomic mass is 10.0. The second-order valence-corrected chi connectivity index (χ2v) is 5.69. The molecule has 1 aromatic rings. The van der Waals surface area contributed by atoms with Gasteiger partial charge in [-0.25, -0.2) is 0 Å². The number of rotatable bonds is 3. The number of anilines is 1. The Hall–Kier alpha value is -1.62. The number of hydrogen-bond acceptors (Lipinski definition) is 2. The average molecular weight is 337 g/mol. The lowest BCUT2D eigenvalue weighted by Crippen LogP contribution is -2.52. The van der Waals surface area contributed by atoms with E-state index in [1.165, 1.54) is 6.08 Å². The number of hydrogen-bond donors (Lipinski definition) is 1. The van der Waals surface area contributed by atoms with Crippen molar-refractivity contribution < 1.29 is 9.59 Å². The third kappa shape index (κ3) is 3.10. The largest absolute Gasteiger partial charge is 0.341 e. The van der Waals surface area contributed by atoms with Crippen LogP contribution in [0.2, 0.25) is 0 Å². The number of aryl methyl sites for hydroxylation is 1. The van der Waals surface area contributed by atoms with E-state index in [0.29, 0.717) is 13.0 Å². The molecule has 1 aliphatic rings. The zero-order valence-corrected chi connectivity index (χ0v) is 12.9. The quantitative estimate of drug-likeness (QED) is 0.862. The van der Waals surface area contributed by atoms with Crippen molar-refractivity contribution in [3.63, 3.8) is 0 Å². The summed E-state index contributed by atoms with van der Waals surface area (Å²) < 4.78 is 1.02. The fraction of sp³-hybridized carbons (Fsp3) is 0.333. The maximum absolute atomic E-state index is 12.4. The Bertz CT molecular complexity index is 557. The van der Waals surface area contributed by atoms with Gasteiger partial charge in [-0.15, -0.1) is 0 Å². The number of piperidine rings is 1. The van der Waals surface area contributed by atoms with Crippen molar-refractivity contribution in [3.05, 3.63) is 40.9 Å². The summed E-state index contributed by atoms with van der Waals surface area (Å²) in [7, 11) is 0. The normalized spacial score (nSPS) is 18.8. The molecule has 5 heteroatoms. The molecule has 0 radical (unpaired) electrons. The number of halogens is 1. The van der Waals surface area contributed by atoms with Crippen LogP contribution in [0.5, 0.6) is 0 Å². The molecule has 2 amide bonds. The van der Waals surface area contributed by atoms with E-state index in [4.69, 9.17) is 0 Å². The van der Waals surface area contributed by atoms with Crippen molar-refractivity contribution in [1.82, 2.24) is 5.32 Å². The van der Waals surface area contributed by atoms with Crippen LogP contribution in [0, 0.1) is 6.92 Å². The highest BCUT2D eigenvalue weighted by Crippen LogP contribution is 2.26. The molecule has 0 bridgehead atoms. The maximum Gasteiger partial charge on any atom is 0.249 e. The number of benzene rings is 1. The van der Waals surface area contributed by atoms with E-state index >= 15 is 0 Å². The van der Waals surface area contributed by atoms with Crippen LogP contribution in [0.25, 0.3) is 0 Å². The minimum Gasteiger partial charge on any atom is -0.341 e. The fourth-order valence-electron chi connectivity index (χ4n) is 2.29. The Kier molecular flexibility index (Phi) is 4.60. The summed E-state index contributed by atoms with van der Waals surface area (Å²) in [6.07, 6.45) is 2.73. The minimum atomic E-state index is -0.460. The highest BCUT2D eigenvalue weighted by atomic mass is 79.9. The Balaban J connectivity index is 2.19. The number of carbonyl (C=O) groups is 2. The van der Waals surface area contributed by atoms with Crippen LogP contribution in [0.15, 0.2) is 35.3 Å². The summed E-state index contributed by atoms with van der Waals surface area (Å²) in [5, 5.41) is 2.69. The molecule has 2 rings (SSSR count). The summed E-state index contributed by atoms with van der Waals surface area (Å²) in [5.74, 6) is -0.370. The van der Waals surface area contributed by atoms with Crippen LogP contribution in [-0.4, -0.2) is 24.4 Å². The van der Waals surface area contributed by atoms with Crippen molar-refractivity contribution in [2.75, 3.05) is 11.4 Å². The van der Waals surface area contributed by atoms with Gasteiger partial charge in [0, 0.05) is 16.7 Å². The van der Waals surface area contributed by atoms with Crippen LogP contribution in [0.1, 0.15) is 18.4 Å². The van der Waals surface area contributed by atoms with Gasteiger partial charge < -0.3 is 10.2 Å². The zero-order chi connectivity index (χ0) is 14.7. The second-order valence-electron chi connectivity index (χ2n) is 4.83. The molecular formula is C15H17BrN2O2. The third-order valence-corrected chi connectivity index (χ3v) is 4.28. The first-order valence-corrected chi connectivity index (χ1v) is 7.32. The molecule has 1 N–H and O–H groups in total. The first-order chi connectivity index (χ1) is 9.52. The summed E-state index contributed by atoms with van der Waals surface area (Å²) >= 11 is 3.45. The van der Waals surface area contributed by atoms with Crippen molar-refractivity contribution in [1.29, 1.82) is 0 Å². The fourth-order valence-corrected chi connectivity index (χ4v) is 2.54. The zero-order valence-electron chi connectivity index (χ0n) is 11.4. The Morgan fingerprint density at radius 3 is 2.95 bits per heavy atom. The molecule has 1 atom stereocenters. The molecule has 0 saturated carbocycles. The molecule has 4 nitrogen and oxygen atoms in total. The molecule has 1 aromatic carbocycles. The Morgan fingerprint density at radius 2 is 2.30 bits per heavy atom. The van der Waals surface area contributed by atoms with Gasteiger partial charge in [-0.3, -0.25) is 9.59 Å². The highest BCUT2D eigenvalue weighted by molar-refractivity contribution is 9.10. The maximum atomic E-state index is 12.4. The molecule has 106 valence electrons. The molecule has 0 aromatic heterocycles. The van der Waals surface area contributed by atoms with E-state index in [2.05, 4.69) is 27.8 Å². The van der Waals surface area contributed by atoms with Gasteiger partial charge in [-0.2, -0.15) is 0 Å². The first-order valence-electron chi connectivity index (χ1n) is 6.53. The second kappa shape index (κ2) is 6.22. The minimum absolute atomic E-state index is 0.0619. The smallest absolute Gasteiger partial charge is 0.249 e. The molecule has 0 aliphatic carbocycles. The summed E-state index contributed by atoms with van der Waals surface area (Å²) in [6, 6.07) is 5.36. The predicted octanol–water partition coefficient (Wildman–Crippen LogP) is 2.56. The van der Waals surface area contributed by atoms with E-state index in [-0.39, 0.29) is 11.8 Å². The molecule has 20 heavy (non-hydrogen) atoms. The SMILES string of the molecule is C=CC(=O)NC1CCCN(c2ccc(Br)c(C)c2)C1=O. The molecule has 0 spiro atoms. The predicted molar refractivity (Wildman–Crippen MR) is 82.6 cm³/mol. The summed E-state index contributed by atoms with van der Waals surface area (Å²) in [4.78, 5) is 25.5. The van der Waals surface area contributed by atoms with Crippen molar-refractivity contribution in [2.45, 2.75) is 25.8 Å². The van der Waals surface area contributed by atoms with Gasteiger partial charge in [0.15, 0.2) is 0 Å². The van der Waals surface area contributed by atoms with Crippen molar-refractivity contribution in [3.8, 4) is 0 Å². The molecule has 1 heterocycles. The van der Waals surface area contributed by atoms with Gasteiger partial charge in [0.1, 0.15) is 6.04 Å². The van der Waals surface area contributed by atoms with Gasteiger partial charge in [-0.1, -0.05) is 22.5 Å². The van der Waals surface area contributed by atoms with Crippen molar-refractivity contribution in [2.24, 2.45) is 0 Å². The topological polar surface area (TPSA) is 49.4 Å². The molecule has 1 unspecified atom stereocenters. The first kappa shape index (κ1) is 14.8. The van der Waals surface area contributed by atoms with E-state index in [9.17, 15) is 9.59 Å².